The summed E-state index contributed by atoms with van der Waals surface area (Å²) in [7, 11) is 0. The summed E-state index contributed by atoms with van der Waals surface area (Å²) < 4.78 is 5.65. The molecule has 1 aromatic carbocycles. The van der Waals surface area contributed by atoms with E-state index in [0.717, 1.165) is 6.61 Å². The smallest absolute Gasteiger partial charge is 0.0604 e. The molecule has 3 rings (SSSR count). The van der Waals surface area contributed by atoms with Crippen LogP contribution in [0.4, 0.5) is 0 Å². The number of ether oxygens (including phenoxy) is 1. The van der Waals surface area contributed by atoms with E-state index in [1.165, 1.54) is 30.4 Å². The first-order valence-corrected chi connectivity index (χ1v) is 7.55. The van der Waals surface area contributed by atoms with Crippen molar-refractivity contribution in [2.75, 3.05) is 6.61 Å². The molecule has 0 saturated heterocycles. The Morgan fingerprint density at radius 1 is 1.26 bits per heavy atom. The molecule has 19 heavy (non-hydrogen) atoms. The van der Waals surface area contributed by atoms with E-state index in [0.29, 0.717) is 23.6 Å². The van der Waals surface area contributed by atoms with Gasteiger partial charge in [-0.3, -0.25) is 0 Å². The third-order valence-electron chi connectivity index (χ3n) is 4.69. The molecule has 1 fully saturated rings. The molecule has 2 nitrogen and oxygen atoms in total. The molecule has 1 unspecified atom stereocenters. The van der Waals surface area contributed by atoms with E-state index in [9.17, 15) is 0 Å². The van der Waals surface area contributed by atoms with Crippen molar-refractivity contribution in [3.8, 4) is 0 Å². The van der Waals surface area contributed by atoms with Crippen LogP contribution in [0.25, 0.3) is 0 Å². The highest BCUT2D eigenvalue weighted by Crippen LogP contribution is 2.46. The maximum Gasteiger partial charge on any atom is 0.0604 e. The summed E-state index contributed by atoms with van der Waals surface area (Å²) in [4.78, 5) is 0. The maximum absolute atomic E-state index is 5.65. The molecule has 2 heteroatoms. The van der Waals surface area contributed by atoms with Crippen LogP contribution in [0.15, 0.2) is 24.3 Å². The van der Waals surface area contributed by atoms with Crippen molar-refractivity contribution in [3.63, 3.8) is 0 Å². The van der Waals surface area contributed by atoms with E-state index < -0.39 is 0 Å². The van der Waals surface area contributed by atoms with Gasteiger partial charge >= 0.3 is 0 Å². The summed E-state index contributed by atoms with van der Waals surface area (Å²) in [5, 5.41) is 3.87. The molecule has 0 radical (unpaired) electrons. The number of benzene rings is 1. The summed E-state index contributed by atoms with van der Waals surface area (Å²) in [6.45, 7) is 7.68. The van der Waals surface area contributed by atoms with Crippen molar-refractivity contribution in [1.82, 2.24) is 5.32 Å². The number of fused-ring (bicyclic) bond motifs is 1. The first-order chi connectivity index (χ1) is 9.10. The zero-order valence-electron chi connectivity index (χ0n) is 12.3. The van der Waals surface area contributed by atoms with E-state index in [-0.39, 0.29) is 0 Å². The fraction of sp³-hybridized carbons (Fsp3) is 0.647. The van der Waals surface area contributed by atoms with Gasteiger partial charge in [-0.15, -0.1) is 0 Å². The minimum Gasteiger partial charge on any atom is -0.378 e. The average molecular weight is 259 g/mol. The minimum atomic E-state index is 0.320. The minimum absolute atomic E-state index is 0.320. The topological polar surface area (TPSA) is 21.3 Å². The Morgan fingerprint density at radius 2 is 2.00 bits per heavy atom. The predicted octanol–water partition coefficient (Wildman–Crippen LogP) is 3.47. The molecule has 1 aromatic rings. The molecule has 2 aliphatic rings. The largest absolute Gasteiger partial charge is 0.378 e. The molecular formula is C17H25NO. The van der Waals surface area contributed by atoms with Gasteiger partial charge in [0.1, 0.15) is 0 Å². The third kappa shape index (κ3) is 2.44. The van der Waals surface area contributed by atoms with Crippen LogP contribution in [0.2, 0.25) is 0 Å². The highest BCUT2D eigenvalue weighted by molar-refractivity contribution is 5.37. The molecule has 0 heterocycles. The number of hydrogen-bond donors (Lipinski definition) is 1. The maximum atomic E-state index is 5.65. The lowest BCUT2D eigenvalue weighted by Gasteiger charge is -2.40. The van der Waals surface area contributed by atoms with E-state index >= 15 is 0 Å². The Morgan fingerprint density at radius 3 is 2.74 bits per heavy atom. The summed E-state index contributed by atoms with van der Waals surface area (Å²) in [5.41, 5.74) is 3.35. The van der Waals surface area contributed by atoms with Crippen LogP contribution in [0.3, 0.4) is 0 Å². The third-order valence-corrected chi connectivity index (χ3v) is 4.69. The van der Waals surface area contributed by atoms with Gasteiger partial charge in [-0.1, -0.05) is 38.1 Å². The van der Waals surface area contributed by atoms with Gasteiger partial charge in [-0.05, 0) is 42.7 Å². The number of nitrogens with one attached hydrogen (secondary N) is 1. The Hall–Kier alpha value is -0.860. The second-order valence-corrected chi connectivity index (χ2v) is 6.71. The summed E-state index contributed by atoms with van der Waals surface area (Å²) in [6, 6.07) is 10.0. The van der Waals surface area contributed by atoms with E-state index in [1.54, 1.807) is 0 Å². The molecule has 0 aliphatic heterocycles. The molecule has 0 aromatic heterocycles. The Balaban J connectivity index is 1.67. The van der Waals surface area contributed by atoms with Crippen LogP contribution in [0.5, 0.6) is 0 Å². The first kappa shape index (κ1) is 13.1. The molecule has 1 saturated carbocycles. The standard InChI is InChI=1S/C17H25NO/c1-4-19-14-9-13(10-14)18-16-15-8-6-5-7-12(15)11-17(16,2)3/h5-8,13-14,16,18H,4,9-11H2,1-3H3. The second-order valence-electron chi connectivity index (χ2n) is 6.71. The van der Waals surface area contributed by atoms with Crippen molar-refractivity contribution in [1.29, 1.82) is 0 Å². The lowest BCUT2D eigenvalue weighted by atomic mass is 9.82. The monoisotopic (exact) mass is 259 g/mol. The summed E-state index contributed by atoms with van der Waals surface area (Å²) in [5.74, 6) is 0. The predicted molar refractivity (Wildman–Crippen MR) is 78.2 cm³/mol. The van der Waals surface area contributed by atoms with Gasteiger partial charge in [0.15, 0.2) is 0 Å². The fourth-order valence-corrected chi connectivity index (χ4v) is 3.62. The highest BCUT2D eigenvalue weighted by Gasteiger charge is 2.41. The van der Waals surface area contributed by atoms with Gasteiger partial charge in [0, 0.05) is 18.7 Å². The molecule has 1 N–H and O–H groups in total. The van der Waals surface area contributed by atoms with Gasteiger partial charge in [-0.2, -0.15) is 0 Å². The second kappa shape index (κ2) is 4.92. The van der Waals surface area contributed by atoms with Crippen molar-refractivity contribution in [2.45, 2.75) is 58.2 Å². The lowest BCUT2D eigenvalue weighted by molar-refractivity contribution is -0.0159. The fourth-order valence-electron chi connectivity index (χ4n) is 3.62. The van der Waals surface area contributed by atoms with E-state index in [1.807, 2.05) is 0 Å². The van der Waals surface area contributed by atoms with Crippen LogP contribution in [-0.4, -0.2) is 18.8 Å². The summed E-state index contributed by atoms with van der Waals surface area (Å²) in [6.07, 6.45) is 4.01. The lowest BCUT2D eigenvalue weighted by Crippen LogP contribution is -2.48. The normalized spacial score (nSPS) is 31.8. The van der Waals surface area contributed by atoms with Crippen molar-refractivity contribution < 1.29 is 4.74 Å². The number of rotatable bonds is 4. The zero-order valence-corrected chi connectivity index (χ0v) is 12.3. The summed E-state index contributed by atoms with van der Waals surface area (Å²) >= 11 is 0. The molecule has 0 amide bonds. The SMILES string of the molecule is CCOC1CC(NC2c3ccccc3CC2(C)C)C1. The van der Waals surface area contributed by atoms with Crippen LogP contribution in [0.1, 0.15) is 50.8 Å². The van der Waals surface area contributed by atoms with Crippen molar-refractivity contribution in [3.05, 3.63) is 35.4 Å². The Kier molecular flexibility index (Phi) is 3.40. The molecule has 104 valence electrons. The quantitative estimate of drug-likeness (QED) is 0.894. The van der Waals surface area contributed by atoms with E-state index in [2.05, 4.69) is 50.4 Å². The van der Waals surface area contributed by atoms with Gasteiger partial charge < -0.3 is 10.1 Å². The Labute approximate surface area is 116 Å². The molecule has 1 atom stereocenters. The van der Waals surface area contributed by atoms with E-state index in [4.69, 9.17) is 4.74 Å². The molecular weight excluding hydrogens is 234 g/mol. The van der Waals surface area contributed by atoms with Gasteiger partial charge in [0.2, 0.25) is 0 Å². The number of hydrogen-bond acceptors (Lipinski definition) is 2. The van der Waals surface area contributed by atoms with Crippen molar-refractivity contribution in [2.24, 2.45) is 5.41 Å². The van der Waals surface area contributed by atoms with Gasteiger partial charge in [0.05, 0.1) is 6.10 Å². The van der Waals surface area contributed by atoms with Gasteiger partial charge in [-0.25, -0.2) is 0 Å². The molecule has 2 aliphatic carbocycles. The Bertz CT molecular complexity index is 448. The zero-order chi connectivity index (χ0) is 13.5. The van der Waals surface area contributed by atoms with Crippen LogP contribution < -0.4 is 5.32 Å². The van der Waals surface area contributed by atoms with Crippen LogP contribution >= 0.6 is 0 Å². The van der Waals surface area contributed by atoms with Gasteiger partial charge in [0.25, 0.3) is 0 Å². The molecule has 0 spiro atoms. The molecule has 0 bridgehead atoms. The average Bonchev–Trinajstić information content (AvgIpc) is 2.57. The van der Waals surface area contributed by atoms with Crippen LogP contribution in [-0.2, 0) is 11.2 Å². The first-order valence-electron chi connectivity index (χ1n) is 7.55. The highest BCUT2D eigenvalue weighted by atomic mass is 16.5. The van der Waals surface area contributed by atoms with Crippen molar-refractivity contribution >= 4 is 0 Å². The van der Waals surface area contributed by atoms with Crippen LogP contribution in [0, 0.1) is 5.41 Å².